The molecule has 2 N–H and O–H groups in total. The average Bonchev–Trinajstić information content (AvgIpc) is 3.24. The van der Waals surface area contributed by atoms with Crippen molar-refractivity contribution in [3.05, 3.63) is 58.0 Å². The Balaban J connectivity index is 1.57. The van der Waals surface area contributed by atoms with Crippen molar-refractivity contribution in [1.29, 1.82) is 0 Å². The molecule has 150 valence electrons. The van der Waals surface area contributed by atoms with Gasteiger partial charge in [0.1, 0.15) is 5.82 Å². The van der Waals surface area contributed by atoms with Gasteiger partial charge in [0.2, 0.25) is 5.91 Å². The lowest BCUT2D eigenvalue weighted by Crippen LogP contribution is -2.48. The molecule has 1 aliphatic carbocycles. The van der Waals surface area contributed by atoms with E-state index in [0.29, 0.717) is 23.8 Å². The van der Waals surface area contributed by atoms with Gasteiger partial charge in [-0.25, -0.2) is 4.39 Å². The minimum absolute atomic E-state index is 0.106. The molecule has 7 heteroatoms. The molecule has 0 aliphatic heterocycles. The van der Waals surface area contributed by atoms with E-state index in [-0.39, 0.29) is 24.3 Å². The van der Waals surface area contributed by atoms with Crippen LogP contribution in [0.5, 0.6) is 0 Å². The number of halogens is 1. The maximum absolute atomic E-state index is 14.2. The second-order valence-corrected chi connectivity index (χ2v) is 8.44. The lowest BCUT2D eigenvalue weighted by Gasteiger charge is -2.36. The van der Waals surface area contributed by atoms with Gasteiger partial charge >= 0.3 is 0 Å². The third-order valence-corrected chi connectivity index (χ3v) is 6.27. The van der Waals surface area contributed by atoms with Crippen molar-refractivity contribution in [1.82, 2.24) is 15.5 Å². The van der Waals surface area contributed by atoms with E-state index in [4.69, 9.17) is 12.2 Å². The third-order valence-electron chi connectivity index (χ3n) is 5.01. The maximum atomic E-state index is 14.2. The van der Waals surface area contributed by atoms with Gasteiger partial charge in [-0.15, -0.1) is 11.3 Å². The molecule has 0 bridgehead atoms. The molecule has 0 atom stereocenters. The number of carbonyl (C=O) groups excluding carboxylic acids is 1. The number of carbonyl (C=O) groups is 1. The van der Waals surface area contributed by atoms with Crippen molar-refractivity contribution in [2.24, 2.45) is 0 Å². The van der Waals surface area contributed by atoms with E-state index in [2.05, 4.69) is 15.5 Å². The summed E-state index contributed by atoms with van der Waals surface area (Å²) in [4.78, 5) is 15.3. The highest BCUT2D eigenvalue weighted by Gasteiger charge is 2.24. The molecule has 1 aliphatic rings. The molecule has 1 heterocycles. The number of rotatable bonds is 7. The van der Waals surface area contributed by atoms with E-state index in [9.17, 15) is 9.18 Å². The summed E-state index contributed by atoms with van der Waals surface area (Å²) in [5, 5.41) is 8.47. The van der Waals surface area contributed by atoms with E-state index in [1.165, 1.54) is 12.5 Å². The summed E-state index contributed by atoms with van der Waals surface area (Å²) in [5.74, 6) is -0.329. The van der Waals surface area contributed by atoms with E-state index in [1.807, 2.05) is 23.6 Å². The van der Waals surface area contributed by atoms with Gasteiger partial charge in [-0.1, -0.05) is 43.5 Å². The van der Waals surface area contributed by atoms with Gasteiger partial charge < -0.3 is 15.5 Å². The van der Waals surface area contributed by atoms with E-state index in [1.54, 1.807) is 23.5 Å². The molecule has 1 fully saturated rings. The summed E-state index contributed by atoms with van der Waals surface area (Å²) in [6.45, 7) is 1.05. The molecule has 0 radical (unpaired) electrons. The Morgan fingerprint density at radius 1 is 1.14 bits per heavy atom. The first kappa shape index (κ1) is 20.7. The number of thiocarbonyl (C=S) groups is 1. The van der Waals surface area contributed by atoms with E-state index in [0.717, 1.165) is 30.6 Å². The van der Waals surface area contributed by atoms with Crippen LogP contribution in [0.4, 0.5) is 4.39 Å². The van der Waals surface area contributed by atoms with Crippen LogP contribution in [0.2, 0.25) is 0 Å². The number of hydrogen-bond acceptors (Lipinski definition) is 3. The second kappa shape index (κ2) is 10.5. The van der Waals surface area contributed by atoms with Crippen LogP contribution in [0, 0.1) is 5.82 Å². The average molecular weight is 420 g/mol. The molecule has 1 aromatic carbocycles. The van der Waals surface area contributed by atoms with Gasteiger partial charge in [0.15, 0.2) is 5.11 Å². The molecule has 0 unspecified atom stereocenters. The third kappa shape index (κ3) is 6.01. The Kier molecular flexibility index (Phi) is 7.80. The van der Waals surface area contributed by atoms with Gasteiger partial charge in [-0.2, -0.15) is 0 Å². The van der Waals surface area contributed by atoms with Crippen molar-refractivity contribution in [2.75, 3.05) is 6.54 Å². The molecule has 3 rings (SSSR count). The second-order valence-electron chi connectivity index (χ2n) is 7.03. The highest BCUT2D eigenvalue weighted by atomic mass is 32.1. The van der Waals surface area contributed by atoms with Crippen LogP contribution in [0.3, 0.4) is 0 Å². The highest BCUT2D eigenvalue weighted by molar-refractivity contribution is 7.80. The molecule has 1 amide bonds. The fourth-order valence-electron chi connectivity index (χ4n) is 3.49. The normalized spacial score (nSPS) is 14.5. The Labute approximate surface area is 175 Å². The smallest absolute Gasteiger partial charge is 0.239 e. The molecule has 1 saturated carbocycles. The van der Waals surface area contributed by atoms with Crippen LogP contribution in [-0.2, 0) is 17.9 Å². The van der Waals surface area contributed by atoms with Gasteiger partial charge in [0.25, 0.3) is 0 Å². The zero-order valence-electron chi connectivity index (χ0n) is 15.8. The first-order chi connectivity index (χ1) is 13.6. The molecular weight excluding hydrogens is 393 g/mol. The van der Waals surface area contributed by atoms with Crippen molar-refractivity contribution in [3.8, 4) is 0 Å². The molecule has 2 aromatic rings. The predicted octanol–water partition coefficient (Wildman–Crippen LogP) is 4.21. The maximum Gasteiger partial charge on any atom is 0.239 e. The first-order valence-electron chi connectivity index (χ1n) is 9.70. The number of amides is 1. The van der Waals surface area contributed by atoms with Crippen molar-refractivity contribution in [3.63, 3.8) is 0 Å². The van der Waals surface area contributed by atoms with Crippen LogP contribution < -0.4 is 10.6 Å². The summed E-state index contributed by atoms with van der Waals surface area (Å²) in [6, 6.07) is 11.0. The number of benzene rings is 1. The largest absolute Gasteiger partial charge is 0.353 e. The lowest BCUT2D eigenvalue weighted by atomic mass is 9.94. The van der Waals surface area contributed by atoms with Gasteiger partial charge in [-0.3, -0.25) is 4.79 Å². The van der Waals surface area contributed by atoms with Gasteiger partial charge in [0, 0.05) is 23.0 Å². The standard InChI is InChI=1S/C21H26FN3OS2/c22-19-11-5-4-7-16(19)15-25(17-8-2-1-3-9-17)21(27)24-14-20(26)23-13-18-10-6-12-28-18/h4-7,10-12,17H,1-3,8-9,13-15H2,(H,23,26)(H,24,27). The summed E-state index contributed by atoms with van der Waals surface area (Å²) in [6.07, 6.45) is 5.63. The zero-order valence-corrected chi connectivity index (χ0v) is 17.5. The first-order valence-corrected chi connectivity index (χ1v) is 11.0. The molecule has 0 saturated heterocycles. The van der Waals surface area contributed by atoms with Gasteiger partial charge in [-0.05, 0) is 42.6 Å². The number of thiophene rings is 1. The number of nitrogens with zero attached hydrogens (tertiary/aromatic N) is 1. The number of hydrogen-bond donors (Lipinski definition) is 2. The molecular formula is C21H26FN3OS2. The summed E-state index contributed by atoms with van der Waals surface area (Å²) in [7, 11) is 0. The number of nitrogens with one attached hydrogen (secondary N) is 2. The Morgan fingerprint density at radius 3 is 2.64 bits per heavy atom. The minimum atomic E-state index is -0.222. The van der Waals surface area contributed by atoms with Crippen LogP contribution in [0.1, 0.15) is 42.5 Å². The minimum Gasteiger partial charge on any atom is -0.353 e. The van der Waals surface area contributed by atoms with E-state index < -0.39 is 0 Å². The monoisotopic (exact) mass is 419 g/mol. The quantitative estimate of drug-likeness (QED) is 0.660. The van der Waals surface area contributed by atoms with Crippen molar-refractivity contribution >= 4 is 34.6 Å². The van der Waals surface area contributed by atoms with Crippen LogP contribution in [-0.4, -0.2) is 28.5 Å². The topological polar surface area (TPSA) is 44.4 Å². The molecule has 0 spiro atoms. The Bertz CT molecular complexity index is 776. The van der Waals surface area contributed by atoms with E-state index >= 15 is 0 Å². The van der Waals surface area contributed by atoms with Crippen molar-refractivity contribution in [2.45, 2.75) is 51.2 Å². The Morgan fingerprint density at radius 2 is 1.93 bits per heavy atom. The fourth-order valence-corrected chi connectivity index (χ4v) is 4.42. The van der Waals surface area contributed by atoms with Crippen LogP contribution in [0.15, 0.2) is 41.8 Å². The zero-order chi connectivity index (χ0) is 19.8. The summed E-state index contributed by atoms with van der Waals surface area (Å²) >= 11 is 7.21. The lowest BCUT2D eigenvalue weighted by molar-refractivity contribution is -0.120. The molecule has 28 heavy (non-hydrogen) atoms. The highest BCUT2D eigenvalue weighted by Crippen LogP contribution is 2.25. The Hall–Kier alpha value is -1.99. The molecule has 4 nitrogen and oxygen atoms in total. The van der Waals surface area contributed by atoms with Crippen molar-refractivity contribution < 1.29 is 9.18 Å². The van der Waals surface area contributed by atoms with Crippen LogP contribution >= 0.6 is 23.6 Å². The SMILES string of the molecule is O=C(CNC(=S)N(Cc1ccccc1F)C1CCCCC1)NCc1cccs1. The summed E-state index contributed by atoms with van der Waals surface area (Å²) in [5.41, 5.74) is 0.624. The van der Waals surface area contributed by atoms with Gasteiger partial charge in [0.05, 0.1) is 13.1 Å². The molecule has 1 aromatic heterocycles. The predicted molar refractivity (Wildman–Crippen MR) is 116 cm³/mol. The summed E-state index contributed by atoms with van der Waals surface area (Å²) < 4.78 is 14.2. The van der Waals surface area contributed by atoms with Crippen LogP contribution in [0.25, 0.3) is 0 Å². The fraction of sp³-hybridized carbons (Fsp3) is 0.429.